The third-order valence-corrected chi connectivity index (χ3v) is 5.08. The van der Waals surface area contributed by atoms with Crippen LogP contribution in [0.5, 0.6) is 0 Å². The second-order valence-corrected chi connectivity index (χ2v) is 6.11. The molecule has 0 bridgehead atoms. The molecule has 4 heteroatoms. The molecule has 2 aliphatic heterocycles. The molecule has 0 saturated heterocycles. The summed E-state index contributed by atoms with van der Waals surface area (Å²) < 4.78 is 7.30. The topological polar surface area (TPSA) is 34.5 Å². The van der Waals surface area contributed by atoms with Crippen molar-refractivity contribution < 1.29 is 9.53 Å². The molecule has 1 aromatic heterocycles. The minimum atomic E-state index is -0.221. The van der Waals surface area contributed by atoms with Gasteiger partial charge < -0.3 is 9.30 Å². The lowest BCUT2D eigenvalue weighted by Crippen LogP contribution is -2.44. The fourth-order valence-electron chi connectivity index (χ4n) is 4.09. The van der Waals surface area contributed by atoms with Crippen LogP contribution < -0.4 is 0 Å². The first-order valence-corrected chi connectivity index (χ1v) is 7.77. The first-order chi connectivity index (χ1) is 10.7. The largest absolute Gasteiger partial charge is 0.469 e. The maximum atomic E-state index is 12.2. The predicted octanol–water partition coefficient (Wildman–Crippen LogP) is 2.44. The van der Waals surface area contributed by atoms with E-state index >= 15 is 0 Å². The number of carbonyl (C=O) groups excluding carboxylic acids is 1. The van der Waals surface area contributed by atoms with Crippen LogP contribution in [0.15, 0.2) is 36.4 Å². The van der Waals surface area contributed by atoms with E-state index in [0.717, 1.165) is 19.5 Å². The normalized spacial score (nSPS) is 24.1. The standard InChI is InChI=1S/C18H20N2O2/c1-19-15-8-4-3-6-12(15)13-9-11-20-10-5-7-14(18(21)22-2)17(20)16(13)19/h3-8,14,17H,9-11H2,1-2H3/t14?,17-/m0/s1. The number of ether oxygens (including phenoxy) is 1. The van der Waals surface area contributed by atoms with Crippen molar-refractivity contribution in [3.8, 4) is 0 Å². The highest BCUT2D eigenvalue weighted by molar-refractivity contribution is 5.87. The Morgan fingerprint density at radius 2 is 2.14 bits per heavy atom. The van der Waals surface area contributed by atoms with Crippen molar-refractivity contribution in [2.75, 3.05) is 20.2 Å². The van der Waals surface area contributed by atoms with Gasteiger partial charge in [-0.25, -0.2) is 0 Å². The van der Waals surface area contributed by atoms with E-state index < -0.39 is 0 Å². The number of aromatic nitrogens is 1. The summed E-state index contributed by atoms with van der Waals surface area (Å²) in [4.78, 5) is 14.6. The maximum Gasteiger partial charge on any atom is 0.314 e. The molecule has 0 N–H and O–H groups in total. The molecular weight excluding hydrogens is 276 g/mol. The summed E-state index contributed by atoms with van der Waals surface area (Å²) >= 11 is 0. The fourth-order valence-corrected chi connectivity index (χ4v) is 4.09. The van der Waals surface area contributed by atoms with E-state index in [0.29, 0.717) is 0 Å². The molecule has 0 aliphatic carbocycles. The van der Waals surface area contributed by atoms with Gasteiger partial charge in [0.15, 0.2) is 0 Å². The molecule has 2 aliphatic rings. The lowest BCUT2D eigenvalue weighted by molar-refractivity contribution is -0.146. The smallest absolute Gasteiger partial charge is 0.314 e. The number of nitrogens with zero attached hydrogens (tertiary/aromatic N) is 2. The van der Waals surface area contributed by atoms with E-state index in [1.54, 1.807) is 0 Å². The summed E-state index contributed by atoms with van der Waals surface area (Å²) in [6.45, 7) is 1.89. The maximum absolute atomic E-state index is 12.2. The Morgan fingerprint density at radius 3 is 2.95 bits per heavy atom. The first kappa shape index (κ1) is 13.6. The number of esters is 1. The van der Waals surface area contributed by atoms with E-state index in [9.17, 15) is 4.79 Å². The van der Waals surface area contributed by atoms with Crippen molar-refractivity contribution >= 4 is 16.9 Å². The van der Waals surface area contributed by atoms with Crippen LogP contribution in [0.3, 0.4) is 0 Å². The van der Waals surface area contributed by atoms with E-state index in [2.05, 4.69) is 46.9 Å². The first-order valence-electron chi connectivity index (χ1n) is 7.77. The zero-order valence-electron chi connectivity index (χ0n) is 13.0. The Morgan fingerprint density at radius 1 is 1.32 bits per heavy atom. The highest BCUT2D eigenvalue weighted by Crippen LogP contribution is 2.42. The molecule has 3 heterocycles. The van der Waals surface area contributed by atoms with Crippen LogP contribution in [0.25, 0.3) is 10.9 Å². The molecule has 0 fully saturated rings. The molecule has 0 spiro atoms. The lowest BCUT2D eigenvalue weighted by Gasteiger charge is -2.41. The molecular formula is C18H20N2O2. The number of para-hydroxylation sites is 1. The highest BCUT2D eigenvalue weighted by atomic mass is 16.5. The van der Waals surface area contributed by atoms with Crippen molar-refractivity contribution in [1.29, 1.82) is 0 Å². The Balaban J connectivity index is 1.94. The minimum absolute atomic E-state index is 0.0820. The second-order valence-electron chi connectivity index (χ2n) is 6.11. The number of hydrogen-bond acceptors (Lipinski definition) is 3. The monoisotopic (exact) mass is 296 g/mol. The number of methoxy groups -OCH3 is 1. The second kappa shape index (κ2) is 4.99. The number of benzene rings is 1. The fraction of sp³-hybridized carbons (Fsp3) is 0.389. The third kappa shape index (κ3) is 1.77. The van der Waals surface area contributed by atoms with Gasteiger partial charge in [-0.05, 0) is 18.1 Å². The van der Waals surface area contributed by atoms with Crippen molar-refractivity contribution in [3.05, 3.63) is 47.7 Å². The lowest BCUT2D eigenvalue weighted by atomic mass is 9.86. The number of fused-ring (bicyclic) bond motifs is 5. The summed E-state index contributed by atoms with van der Waals surface area (Å²) in [5.41, 5.74) is 3.91. The Kier molecular flexibility index (Phi) is 3.08. The van der Waals surface area contributed by atoms with Crippen LogP contribution in [0.4, 0.5) is 0 Å². The van der Waals surface area contributed by atoms with Crippen LogP contribution >= 0.6 is 0 Å². The van der Waals surface area contributed by atoms with Crippen molar-refractivity contribution in [2.45, 2.75) is 12.5 Å². The Bertz CT molecular complexity index is 775. The number of aryl methyl sites for hydroxylation is 1. The van der Waals surface area contributed by atoms with Gasteiger partial charge in [0.05, 0.1) is 19.1 Å². The van der Waals surface area contributed by atoms with Gasteiger partial charge in [-0.3, -0.25) is 9.69 Å². The van der Waals surface area contributed by atoms with Gasteiger partial charge in [0.2, 0.25) is 0 Å². The molecule has 0 amide bonds. The van der Waals surface area contributed by atoms with E-state index in [1.165, 1.54) is 29.3 Å². The van der Waals surface area contributed by atoms with Gasteiger partial charge >= 0.3 is 5.97 Å². The molecule has 1 aromatic carbocycles. The van der Waals surface area contributed by atoms with E-state index in [-0.39, 0.29) is 17.9 Å². The SMILES string of the molecule is COC(=O)C1C=CCN2CCc3c(n(C)c4ccccc34)[C@H]12. The molecule has 0 saturated carbocycles. The average molecular weight is 296 g/mol. The van der Waals surface area contributed by atoms with Gasteiger partial charge in [-0.1, -0.05) is 30.4 Å². The molecule has 2 atom stereocenters. The van der Waals surface area contributed by atoms with Crippen LogP contribution in [-0.4, -0.2) is 35.6 Å². The van der Waals surface area contributed by atoms with Gasteiger partial charge in [0.1, 0.15) is 0 Å². The van der Waals surface area contributed by atoms with Gasteiger partial charge in [-0.15, -0.1) is 0 Å². The quantitative estimate of drug-likeness (QED) is 0.599. The molecule has 2 aromatic rings. The molecule has 0 radical (unpaired) electrons. The number of hydrogen-bond donors (Lipinski definition) is 0. The predicted molar refractivity (Wildman–Crippen MR) is 85.6 cm³/mol. The molecule has 4 rings (SSSR count). The van der Waals surface area contributed by atoms with Crippen LogP contribution in [0.2, 0.25) is 0 Å². The summed E-state index contributed by atoms with van der Waals surface area (Å²) in [5, 5.41) is 1.32. The number of carbonyl (C=O) groups is 1. The zero-order valence-corrected chi connectivity index (χ0v) is 13.0. The average Bonchev–Trinajstić information content (AvgIpc) is 2.87. The summed E-state index contributed by atoms with van der Waals surface area (Å²) in [5.74, 6) is -0.370. The summed E-state index contributed by atoms with van der Waals surface area (Å²) in [6.07, 6.45) is 5.14. The highest BCUT2D eigenvalue weighted by Gasteiger charge is 2.41. The number of rotatable bonds is 1. The van der Waals surface area contributed by atoms with Crippen LogP contribution in [-0.2, 0) is 23.0 Å². The minimum Gasteiger partial charge on any atom is -0.469 e. The van der Waals surface area contributed by atoms with Gasteiger partial charge in [-0.2, -0.15) is 0 Å². The van der Waals surface area contributed by atoms with Gasteiger partial charge in [0, 0.05) is 36.7 Å². The molecule has 4 nitrogen and oxygen atoms in total. The summed E-state index contributed by atoms with van der Waals surface area (Å²) in [6, 6.07) is 8.59. The Hall–Kier alpha value is -2.07. The van der Waals surface area contributed by atoms with E-state index in [1.807, 2.05) is 6.08 Å². The summed E-state index contributed by atoms with van der Waals surface area (Å²) in [7, 11) is 3.58. The zero-order chi connectivity index (χ0) is 15.3. The van der Waals surface area contributed by atoms with Crippen molar-refractivity contribution in [3.63, 3.8) is 0 Å². The van der Waals surface area contributed by atoms with Crippen LogP contribution in [0.1, 0.15) is 17.3 Å². The van der Waals surface area contributed by atoms with Crippen molar-refractivity contribution in [2.24, 2.45) is 13.0 Å². The van der Waals surface area contributed by atoms with E-state index in [4.69, 9.17) is 4.74 Å². The van der Waals surface area contributed by atoms with Crippen molar-refractivity contribution in [1.82, 2.24) is 9.47 Å². The van der Waals surface area contributed by atoms with Gasteiger partial charge in [0.25, 0.3) is 0 Å². The van der Waals surface area contributed by atoms with Crippen LogP contribution in [0, 0.1) is 5.92 Å². The Labute approximate surface area is 130 Å². The molecule has 114 valence electrons. The molecule has 22 heavy (non-hydrogen) atoms. The third-order valence-electron chi connectivity index (χ3n) is 5.08. The molecule has 1 unspecified atom stereocenters.